The van der Waals surface area contributed by atoms with Crippen LogP contribution in [0, 0.1) is 5.92 Å². The summed E-state index contributed by atoms with van der Waals surface area (Å²) in [6.07, 6.45) is -0.826. The number of hydrogen-bond donors (Lipinski definition) is 4. The number of carboxylic acids is 1. The Bertz CT molecular complexity index is 442. The third-order valence-corrected chi connectivity index (χ3v) is 2.35. The highest BCUT2D eigenvalue weighted by molar-refractivity contribution is 5.99. The van der Waals surface area contributed by atoms with Crippen molar-refractivity contribution in [2.75, 3.05) is 6.54 Å². The first kappa shape index (κ1) is 19.7. The van der Waals surface area contributed by atoms with Crippen molar-refractivity contribution in [3.63, 3.8) is 0 Å². The van der Waals surface area contributed by atoms with Crippen LogP contribution < -0.4 is 10.6 Å². The first-order valence-electron chi connectivity index (χ1n) is 6.75. The third kappa shape index (κ3) is 9.56. The number of carbonyl (C=O) groups excluding carboxylic acids is 2. The summed E-state index contributed by atoms with van der Waals surface area (Å²) in [6.45, 7) is 6.60. The number of aliphatic carboxylic acids is 1. The number of ether oxygens (including phenoxy) is 1. The lowest BCUT2D eigenvalue weighted by Gasteiger charge is -2.19. The molecule has 0 saturated carbocycles. The van der Waals surface area contributed by atoms with E-state index in [9.17, 15) is 14.4 Å². The highest BCUT2D eigenvalue weighted by atomic mass is 16.6. The second-order valence-electron chi connectivity index (χ2n) is 5.72. The number of nitrogens with one attached hydrogen (secondary N) is 2. The second kappa shape index (κ2) is 8.85. The maximum absolute atomic E-state index is 11.6. The summed E-state index contributed by atoms with van der Waals surface area (Å²) in [6, 6.07) is 0. The Morgan fingerprint density at radius 3 is 2.32 bits per heavy atom. The fourth-order valence-electron chi connectivity index (χ4n) is 1.31. The van der Waals surface area contributed by atoms with Gasteiger partial charge in [-0.25, -0.2) is 4.79 Å². The number of carboxylic acid groups (broad SMARTS) is 1. The fourth-order valence-corrected chi connectivity index (χ4v) is 1.31. The molecule has 1 unspecified atom stereocenters. The van der Waals surface area contributed by atoms with Crippen LogP contribution in [0.4, 0.5) is 4.79 Å². The summed E-state index contributed by atoms with van der Waals surface area (Å²) in [7, 11) is 0. The van der Waals surface area contributed by atoms with Crippen LogP contribution in [0.5, 0.6) is 0 Å². The maximum Gasteiger partial charge on any atom is 0.407 e. The molecule has 0 aromatic heterocycles. The molecule has 0 aromatic rings. The van der Waals surface area contributed by atoms with Crippen LogP contribution in [-0.2, 0) is 14.3 Å². The number of amides is 2. The molecule has 9 nitrogen and oxygen atoms in total. The lowest BCUT2D eigenvalue weighted by Crippen LogP contribution is -2.37. The van der Waals surface area contributed by atoms with Crippen molar-refractivity contribution < 1.29 is 29.4 Å². The van der Waals surface area contributed by atoms with E-state index in [-0.39, 0.29) is 25.2 Å². The van der Waals surface area contributed by atoms with Gasteiger partial charge in [-0.1, -0.05) is 12.1 Å². The van der Waals surface area contributed by atoms with E-state index in [0.29, 0.717) is 0 Å². The maximum atomic E-state index is 11.6. The molecule has 0 aliphatic carbocycles. The summed E-state index contributed by atoms with van der Waals surface area (Å²) in [4.78, 5) is 33.6. The van der Waals surface area contributed by atoms with Gasteiger partial charge in [0.1, 0.15) is 11.4 Å². The number of oxime groups is 1. The van der Waals surface area contributed by atoms with Gasteiger partial charge in [-0.15, -0.1) is 0 Å². The van der Waals surface area contributed by atoms with Crippen molar-refractivity contribution in [2.24, 2.45) is 11.1 Å². The van der Waals surface area contributed by atoms with Gasteiger partial charge in [-0.05, 0) is 20.8 Å². The van der Waals surface area contributed by atoms with Crippen LogP contribution in [0.1, 0.15) is 40.5 Å². The fraction of sp³-hybridized carbons (Fsp3) is 0.692. The molecule has 0 fully saturated rings. The van der Waals surface area contributed by atoms with Crippen LogP contribution in [0.2, 0.25) is 0 Å². The zero-order valence-corrected chi connectivity index (χ0v) is 13.2. The second-order valence-corrected chi connectivity index (χ2v) is 5.72. The van der Waals surface area contributed by atoms with Crippen LogP contribution in [0.3, 0.4) is 0 Å². The SMILES string of the molecule is CC(CC(=NO)NC(=O)CCNC(=O)OC(C)(C)C)C(=O)O. The Morgan fingerprint density at radius 1 is 1.27 bits per heavy atom. The van der Waals surface area contributed by atoms with E-state index in [1.54, 1.807) is 20.8 Å². The van der Waals surface area contributed by atoms with Crippen LogP contribution in [0.25, 0.3) is 0 Å². The summed E-state index contributed by atoms with van der Waals surface area (Å²) < 4.78 is 4.99. The summed E-state index contributed by atoms with van der Waals surface area (Å²) in [5.74, 6) is -2.52. The molecule has 0 aliphatic rings. The highest BCUT2D eigenvalue weighted by Crippen LogP contribution is 2.06. The van der Waals surface area contributed by atoms with Crippen molar-refractivity contribution in [3.05, 3.63) is 0 Å². The minimum Gasteiger partial charge on any atom is -0.481 e. The zero-order chi connectivity index (χ0) is 17.3. The van der Waals surface area contributed by atoms with E-state index in [0.717, 1.165) is 0 Å². The Labute approximate surface area is 128 Å². The lowest BCUT2D eigenvalue weighted by molar-refractivity contribution is -0.141. The number of rotatable bonds is 6. The van der Waals surface area contributed by atoms with Crippen molar-refractivity contribution in [1.82, 2.24) is 10.6 Å². The average molecular weight is 317 g/mol. The van der Waals surface area contributed by atoms with Gasteiger partial charge < -0.3 is 25.7 Å². The van der Waals surface area contributed by atoms with Crippen LogP contribution >= 0.6 is 0 Å². The summed E-state index contributed by atoms with van der Waals surface area (Å²) in [5.41, 5.74) is -0.629. The quantitative estimate of drug-likeness (QED) is 0.249. The van der Waals surface area contributed by atoms with E-state index in [1.165, 1.54) is 6.92 Å². The van der Waals surface area contributed by atoms with Crippen molar-refractivity contribution in [3.8, 4) is 0 Å². The number of hydrogen-bond acceptors (Lipinski definition) is 6. The van der Waals surface area contributed by atoms with Crippen LogP contribution in [-0.4, -0.2) is 46.3 Å². The largest absolute Gasteiger partial charge is 0.481 e. The topological polar surface area (TPSA) is 137 Å². The molecule has 0 heterocycles. The normalized spacial score (nSPS) is 13.2. The van der Waals surface area contributed by atoms with E-state index < -0.39 is 29.5 Å². The highest BCUT2D eigenvalue weighted by Gasteiger charge is 2.18. The molecule has 2 amide bonds. The van der Waals surface area contributed by atoms with Gasteiger partial charge in [-0.2, -0.15) is 0 Å². The van der Waals surface area contributed by atoms with Gasteiger partial charge in [0.15, 0.2) is 0 Å². The van der Waals surface area contributed by atoms with E-state index in [2.05, 4.69) is 15.8 Å². The minimum atomic E-state index is -1.07. The Morgan fingerprint density at radius 2 is 1.86 bits per heavy atom. The van der Waals surface area contributed by atoms with Gasteiger partial charge in [0.25, 0.3) is 0 Å². The van der Waals surface area contributed by atoms with E-state index in [1.807, 2.05) is 0 Å². The Hall–Kier alpha value is -2.32. The minimum absolute atomic E-state index is 0.0357. The molecule has 0 aliphatic heterocycles. The molecule has 0 spiro atoms. The molecule has 4 N–H and O–H groups in total. The molecule has 22 heavy (non-hydrogen) atoms. The average Bonchev–Trinajstić information content (AvgIpc) is 2.35. The standard InChI is InChI=1S/C13H23N3O6/c1-8(11(18)19)7-9(16-21)15-10(17)5-6-14-12(20)22-13(2,3)4/h8,21H,5-7H2,1-4H3,(H,14,20)(H,18,19)(H,15,16,17). The summed E-state index contributed by atoms with van der Waals surface area (Å²) in [5, 5.41) is 25.0. The number of carbonyl (C=O) groups is 3. The molecule has 1 atom stereocenters. The number of amidine groups is 1. The molecule has 126 valence electrons. The predicted molar refractivity (Wildman–Crippen MR) is 77.6 cm³/mol. The lowest BCUT2D eigenvalue weighted by atomic mass is 10.1. The number of nitrogens with zero attached hydrogens (tertiary/aromatic N) is 1. The van der Waals surface area contributed by atoms with Crippen LogP contribution in [0.15, 0.2) is 5.16 Å². The molecule has 0 rings (SSSR count). The molecule has 0 saturated heterocycles. The Balaban J connectivity index is 4.12. The zero-order valence-electron chi connectivity index (χ0n) is 13.2. The first-order chi connectivity index (χ1) is 10.0. The van der Waals surface area contributed by atoms with Gasteiger partial charge >= 0.3 is 12.1 Å². The first-order valence-corrected chi connectivity index (χ1v) is 6.75. The molecule has 9 heteroatoms. The summed E-state index contributed by atoms with van der Waals surface area (Å²) >= 11 is 0. The number of alkyl carbamates (subject to hydrolysis) is 1. The van der Waals surface area contributed by atoms with Crippen molar-refractivity contribution in [2.45, 2.75) is 46.1 Å². The molecule has 0 radical (unpaired) electrons. The molecule has 0 bridgehead atoms. The monoisotopic (exact) mass is 317 g/mol. The predicted octanol–water partition coefficient (Wildman–Crippen LogP) is 0.916. The van der Waals surface area contributed by atoms with Gasteiger partial charge in [0.2, 0.25) is 5.91 Å². The Kier molecular flexibility index (Phi) is 7.92. The van der Waals surface area contributed by atoms with E-state index >= 15 is 0 Å². The van der Waals surface area contributed by atoms with Gasteiger partial charge in [0.05, 0.1) is 5.92 Å². The smallest absolute Gasteiger partial charge is 0.407 e. The van der Waals surface area contributed by atoms with E-state index in [4.69, 9.17) is 15.1 Å². The molecular formula is C13H23N3O6. The molecule has 0 aromatic carbocycles. The molecular weight excluding hydrogens is 294 g/mol. The van der Waals surface area contributed by atoms with Crippen molar-refractivity contribution >= 4 is 23.8 Å². The van der Waals surface area contributed by atoms with Gasteiger partial charge in [-0.3, -0.25) is 9.59 Å². The van der Waals surface area contributed by atoms with Gasteiger partial charge in [0, 0.05) is 19.4 Å². The van der Waals surface area contributed by atoms with Crippen molar-refractivity contribution in [1.29, 1.82) is 0 Å². The third-order valence-electron chi connectivity index (χ3n) is 2.35.